The zero-order chi connectivity index (χ0) is 24.6. The molecule has 0 fully saturated rings. The first-order chi connectivity index (χ1) is 17.1. The standard InChI is InChI=1S/C28H28N2O4S/c1-4-30(28(31)34-25-16-14-23(32-3)15-17-25)22-10-12-24(13-11-22)33-19-18-26-20(2)35-27(29-26)21-8-6-5-7-9-21/h5-17H,4,18-19H2,1-3H3. The number of amides is 1. The van der Waals surface area contributed by atoms with Crippen molar-refractivity contribution in [3.8, 4) is 27.8 Å². The molecular formula is C28H28N2O4S. The number of benzene rings is 3. The van der Waals surface area contributed by atoms with E-state index >= 15 is 0 Å². The first-order valence-electron chi connectivity index (χ1n) is 11.5. The summed E-state index contributed by atoms with van der Waals surface area (Å²) in [5, 5.41) is 1.03. The number of ether oxygens (including phenoxy) is 3. The first-order valence-corrected chi connectivity index (χ1v) is 12.3. The van der Waals surface area contributed by atoms with E-state index in [1.807, 2.05) is 49.4 Å². The van der Waals surface area contributed by atoms with Crippen LogP contribution in [-0.4, -0.2) is 31.3 Å². The molecule has 1 amide bonds. The number of anilines is 1. The van der Waals surface area contributed by atoms with Gasteiger partial charge in [0.2, 0.25) is 0 Å². The van der Waals surface area contributed by atoms with Crippen LogP contribution < -0.4 is 19.1 Å². The van der Waals surface area contributed by atoms with Gasteiger partial charge in [-0.05, 0) is 62.4 Å². The van der Waals surface area contributed by atoms with Gasteiger partial charge in [0.1, 0.15) is 22.3 Å². The molecule has 0 aliphatic rings. The second-order valence-corrected chi connectivity index (χ2v) is 8.97. The van der Waals surface area contributed by atoms with Crippen molar-refractivity contribution in [2.24, 2.45) is 0 Å². The molecule has 0 radical (unpaired) electrons. The molecule has 0 aliphatic carbocycles. The fraction of sp³-hybridized carbons (Fsp3) is 0.214. The van der Waals surface area contributed by atoms with E-state index < -0.39 is 6.09 Å². The molecule has 4 rings (SSSR count). The third-order valence-electron chi connectivity index (χ3n) is 5.47. The summed E-state index contributed by atoms with van der Waals surface area (Å²) in [6, 6.07) is 24.6. The van der Waals surface area contributed by atoms with Gasteiger partial charge in [0.05, 0.1) is 19.4 Å². The molecule has 0 saturated heterocycles. The number of methoxy groups -OCH3 is 1. The van der Waals surface area contributed by atoms with Crippen molar-refractivity contribution < 1.29 is 19.0 Å². The molecule has 1 heterocycles. The molecule has 7 heteroatoms. The maximum Gasteiger partial charge on any atom is 0.419 e. The van der Waals surface area contributed by atoms with E-state index in [2.05, 4.69) is 19.1 Å². The molecule has 4 aromatic rings. The summed E-state index contributed by atoms with van der Waals surface area (Å²) in [7, 11) is 1.59. The molecule has 0 bridgehead atoms. The number of carbonyl (C=O) groups is 1. The Hall–Kier alpha value is -3.84. The van der Waals surface area contributed by atoms with Gasteiger partial charge in [-0.2, -0.15) is 0 Å². The lowest BCUT2D eigenvalue weighted by atomic mass is 10.2. The first kappa shape index (κ1) is 24.3. The maximum atomic E-state index is 12.7. The summed E-state index contributed by atoms with van der Waals surface area (Å²) in [5.41, 5.74) is 2.93. The molecule has 0 aliphatic heterocycles. The Bertz CT molecular complexity index is 1240. The third kappa shape index (κ3) is 6.19. The monoisotopic (exact) mass is 488 g/mol. The summed E-state index contributed by atoms with van der Waals surface area (Å²) in [5.74, 6) is 1.90. The Labute approximate surface area is 209 Å². The average Bonchev–Trinajstić information content (AvgIpc) is 3.26. The predicted octanol–water partition coefficient (Wildman–Crippen LogP) is 6.77. The van der Waals surface area contributed by atoms with Gasteiger partial charge in [0.25, 0.3) is 0 Å². The minimum Gasteiger partial charge on any atom is -0.497 e. The van der Waals surface area contributed by atoms with E-state index in [-0.39, 0.29) is 0 Å². The molecule has 35 heavy (non-hydrogen) atoms. The second kappa shape index (κ2) is 11.5. The third-order valence-corrected chi connectivity index (χ3v) is 6.53. The summed E-state index contributed by atoms with van der Waals surface area (Å²) in [6.07, 6.45) is 0.284. The molecule has 0 saturated carbocycles. The number of hydrogen-bond donors (Lipinski definition) is 0. The van der Waals surface area contributed by atoms with Crippen molar-refractivity contribution in [2.75, 3.05) is 25.2 Å². The van der Waals surface area contributed by atoms with Crippen LogP contribution in [0.5, 0.6) is 17.2 Å². The van der Waals surface area contributed by atoms with Gasteiger partial charge in [-0.15, -0.1) is 11.3 Å². The van der Waals surface area contributed by atoms with Crippen LogP contribution in [0.3, 0.4) is 0 Å². The molecule has 0 atom stereocenters. The lowest BCUT2D eigenvalue weighted by Gasteiger charge is -2.20. The Morgan fingerprint density at radius 3 is 2.23 bits per heavy atom. The van der Waals surface area contributed by atoms with Crippen LogP contribution in [0, 0.1) is 6.92 Å². The maximum absolute atomic E-state index is 12.7. The Balaban J connectivity index is 1.32. The molecule has 1 aromatic heterocycles. The fourth-order valence-corrected chi connectivity index (χ4v) is 4.53. The quantitative estimate of drug-likeness (QED) is 0.260. The van der Waals surface area contributed by atoms with E-state index in [1.165, 1.54) is 4.88 Å². The SMILES string of the molecule is CCN(C(=O)Oc1ccc(OC)cc1)c1ccc(OCCc2nc(-c3ccccc3)sc2C)cc1. The van der Waals surface area contributed by atoms with E-state index in [0.717, 1.165) is 34.1 Å². The number of thiazole rings is 1. The molecule has 180 valence electrons. The summed E-state index contributed by atoms with van der Waals surface area (Å²) < 4.78 is 16.6. The predicted molar refractivity (Wildman–Crippen MR) is 140 cm³/mol. The van der Waals surface area contributed by atoms with Crippen molar-refractivity contribution >= 4 is 23.1 Å². The van der Waals surface area contributed by atoms with E-state index in [4.69, 9.17) is 19.2 Å². The van der Waals surface area contributed by atoms with Gasteiger partial charge in [-0.25, -0.2) is 9.78 Å². The lowest BCUT2D eigenvalue weighted by Crippen LogP contribution is -2.33. The van der Waals surface area contributed by atoms with Gasteiger partial charge in [0.15, 0.2) is 0 Å². The fourth-order valence-electron chi connectivity index (χ4n) is 3.57. The number of carbonyl (C=O) groups excluding carboxylic acids is 1. The molecule has 0 unspecified atom stereocenters. The number of nitrogens with zero attached hydrogens (tertiary/aromatic N) is 2. The molecule has 6 nitrogen and oxygen atoms in total. The van der Waals surface area contributed by atoms with Crippen LogP contribution in [0.4, 0.5) is 10.5 Å². The Morgan fingerprint density at radius 2 is 1.57 bits per heavy atom. The molecule has 0 N–H and O–H groups in total. The molecule has 3 aromatic carbocycles. The number of aryl methyl sites for hydroxylation is 1. The van der Waals surface area contributed by atoms with Crippen LogP contribution in [0.25, 0.3) is 10.6 Å². The van der Waals surface area contributed by atoms with Gasteiger partial charge < -0.3 is 14.2 Å². The smallest absolute Gasteiger partial charge is 0.419 e. The van der Waals surface area contributed by atoms with E-state index in [1.54, 1.807) is 47.6 Å². The average molecular weight is 489 g/mol. The number of hydrogen-bond acceptors (Lipinski definition) is 6. The van der Waals surface area contributed by atoms with Crippen molar-refractivity contribution in [3.63, 3.8) is 0 Å². The molecular weight excluding hydrogens is 460 g/mol. The van der Waals surface area contributed by atoms with Gasteiger partial charge in [-0.3, -0.25) is 4.90 Å². The van der Waals surface area contributed by atoms with Gasteiger partial charge in [0, 0.05) is 29.1 Å². The summed E-state index contributed by atoms with van der Waals surface area (Å²) in [6.45, 7) is 5.00. The normalized spacial score (nSPS) is 10.6. The van der Waals surface area contributed by atoms with Gasteiger partial charge in [-0.1, -0.05) is 30.3 Å². The highest BCUT2D eigenvalue weighted by atomic mass is 32.1. The Morgan fingerprint density at radius 1 is 0.914 bits per heavy atom. The summed E-state index contributed by atoms with van der Waals surface area (Å²) in [4.78, 5) is 20.3. The minimum absolute atomic E-state index is 0.445. The molecule has 0 spiro atoms. The number of aromatic nitrogens is 1. The van der Waals surface area contributed by atoms with Crippen molar-refractivity contribution in [2.45, 2.75) is 20.3 Å². The Kier molecular flexibility index (Phi) is 8.00. The van der Waals surface area contributed by atoms with Crippen LogP contribution in [-0.2, 0) is 6.42 Å². The topological polar surface area (TPSA) is 60.9 Å². The summed E-state index contributed by atoms with van der Waals surface area (Å²) >= 11 is 1.70. The zero-order valence-electron chi connectivity index (χ0n) is 20.1. The van der Waals surface area contributed by atoms with Crippen LogP contribution in [0.2, 0.25) is 0 Å². The van der Waals surface area contributed by atoms with Crippen LogP contribution >= 0.6 is 11.3 Å². The van der Waals surface area contributed by atoms with Crippen molar-refractivity contribution in [1.82, 2.24) is 4.98 Å². The van der Waals surface area contributed by atoms with Crippen molar-refractivity contribution in [3.05, 3.63) is 89.4 Å². The van der Waals surface area contributed by atoms with Crippen LogP contribution in [0.1, 0.15) is 17.5 Å². The second-order valence-electron chi connectivity index (χ2n) is 7.77. The number of rotatable bonds is 9. The zero-order valence-corrected chi connectivity index (χ0v) is 20.9. The minimum atomic E-state index is -0.445. The highest BCUT2D eigenvalue weighted by Crippen LogP contribution is 2.28. The highest BCUT2D eigenvalue weighted by Gasteiger charge is 2.17. The van der Waals surface area contributed by atoms with Crippen molar-refractivity contribution in [1.29, 1.82) is 0 Å². The van der Waals surface area contributed by atoms with Gasteiger partial charge >= 0.3 is 6.09 Å². The van der Waals surface area contributed by atoms with Crippen LogP contribution in [0.15, 0.2) is 78.9 Å². The van der Waals surface area contributed by atoms with E-state index in [0.29, 0.717) is 24.7 Å². The lowest BCUT2D eigenvalue weighted by molar-refractivity contribution is 0.208. The highest BCUT2D eigenvalue weighted by molar-refractivity contribution is 7.15. The van der Waals surface area contributed by atoms with E-state index in [9.17, 15) is 4.79 Å². The largest absolute Gasteiger partial charge is 0.497 e.